The lowest BCUT2D eigenvalue weighted by Gasteiger charge is -2.36. The predicted molar refractivity (Wildman–Crippen MR) is 308 cm³/mol. The van der Waals surface area contributed by atoms with Crippen molar-refractivity contribution in [2.75, 3.05) is 9.80 Å². The molecule has 0 N–H and O–H groups in total. The third-order valence-electron chi connectivity index (χ3n) is 15.1. The van der Waals surface area contributed by atoms with Crippen molar-refractivity contribution in [2.45, 2.75) is 71.6 Å². The Balaban J connectivity index is 1.22. The third-order valence-corrected chi connectivity index (χ3v) is 15.1. The Morgan fingerprint density at radius 2 is 1.08 bits per heavy atom. The molecule has 5 nitrogen and oxygen atoms in total. The Kier molecular flexibility index (Phi) is 11.6. The van der Waals surface area contributed by atoms with E-state index >= 15 is 8.78 Å². The number of benzene rings is 8. The summed E-state index contributed by atoms with van der Waals surface area (Å²) in [7, 11) is 0. The van der Waals surface area contributed by atoms with E-state index in [0.29, 0.717) is 28.1 Å². The summed E-state index contributed by atoms with van der Waals surface area (Å²) >= 11 is 0. The summed E-state index contributed by atoms with van der Waals surface area (Å²) < 4.78 is 40.0. The van der Waals surface area contributed by atoms with Crippen LogP contribution in [0.25, 0.3) is 44.2 Å². The number of hydrogen-bond donors (Lipinski definition) is 0. The van der Waals surface area contributed by atoms with Gasteiger partial charge in [-0.3, -0.25) is 9.80 Å². The molecule has 0 bridgehead atoms. The molecule has 76 heavy (non-hydrogen) atoms. The Morgan fingerprint density at radius 1 is 0.487 bits per heavy atom. The van der Waals surface area contributed by atoms with E-state index in [1.807, 2.05) is 73.9 Å². The van der Waals surface area contributed by atoms with Crippen LogP contribution in [0.1, 0.15) is 86.1 Å². The molecule has 0 unspecified atom stereocenters. The molecule has 0 saturated carbocycles. The summed E-state index contributed by atoms with van der Waals surface area (Å²) in [5.41, 5.74) is 14.3. The predicted octanol–water partition coefficient (Wildman–Crippen LogP) is 18.8. The number of fused-ring (bicyclic) bond motifs is 7. The van der Waals surface area contributed by atoms with E-state index in [9.17, 15) is 0 Å². The van der Waals surface area contributed by atoms with Crippen LogP contribution >= 0.6 is 0 Å². The number of nitrogens with zero attached hydrogens (tertiary/aromatic N) is 4. The van der Waals surface area contributed by atoms with Crippen molar-refractivity contribution in [3.63, 3.8) is 0 Å². The number of pyridine rings is 2. The fraction of sp³-hybridized carbons (Fsp3) is 0.159. The van der Waals surface area contributed by atoms with E-state index < -0.39 is 17.0 Å². The minimum atomic E-state index is -1.32. The molecule has 374 valence electrons. The maximum Gasteiger partial charge on any atom is 0.145 e. The highest BCUT2D eigenvalue weighted by Crippen LogP contribution is 2.62. The van der Waals surface area contributed by atoms with Crippen LogP contribution in [0.3, 0.4) is 0 Å². The van der Waals surface area contributed by atoms with Crippen LogP contribution in [-0.4, -0.2) is 9.97 Å². The highest BCUT2D eigenvalue weighted by molar-refractivity contribution is 6.19. The van der Waals surface area contributed by atoms with Crippen molar-refractivity contribution in [3.05, 3.63) is 263 Å². The Bertz CT molecular complexity index is 3950. The minimum Gasteiger partial charge on any atom is -0.455 e. The van der Waals surface area contributed by atoms with Gasteiger partial charge in [-0.15, -0.1) is 0 Å². The average Bonchev–Trinajstić information content (AvgIpc) is 4.18. The van der Waals surface area contributed by atoms with Crippen molar-refractivity contribution in [3.8, 4) is 22.3 Å². The van der Waals surface area contributed by atoms with Gasteiger partial charge in [-0.2, -0.15) is 0 Å². The molecule has 1 aliphatic rings. The molecular formula is C69H58F2N4O. The molecule has 0 fully saturated rings. The van der Waals surface area contributed by atoms with E-state index in [2.05, 4.69) is 161 Å². The van der Waals surface area contributed by atoms with E-state index in [0.717, 1.165) is 83.8 Å². The second-order valence-electron chi connectivity index (χ2n) is 22.3. The summed E-state index contributed by atoms with van der Waals surface area (Å²) in [6, 6.07) is 64.5. The van der Waals surface area contributed by atoms with E-state index in [4.69, 9.17) is 14.4 Å². The highest BCUT2D eigenvalue weighted by atomic mass is 19.1. The summed E-state index contributed by atoms with van der Waals surface area (Å²) in [4.78, 5) is 14.8. The molecule has 0 spiro atoms. The van der Waals surface area contributed by atoms with Gasteiger partial charge in [0.15, 0.2) is 0 Å². The molecule has 11 aromatic rings. The van der Waals surface area contributed by atoms with Gasteiger partial charge in [0.25, 0.3) is 0 Å². The van der Waals surface area contributed by atoms with Gasteiger partial charge in [0.05, 0.1) is 16.5 Å². The van der Waals surface area contributed by atoms with Crippen LogP contribution in [0, 0.1) is 25.5 Å². The number of anilines is 6. The van der Waals surface area contributed by atoms with Crippen molar-refractivity contribution in [2.24, 2.45) is 0 Å². The van der Waals surface area contributed by atoms with Gasteiger partial charge < -0.3 is 4.42 Å². The number of rotatable bonds is 9. The lowest BCUT2D eigenvalue weighted by Crippen LogP contribution is -2.29. The maximum absolute atomic E-state index is 16.4. The van der Waals surface area contributed by atoms with Crippen LogP contribution in [0.2, 0.25) is 0 Å². The van der Waals surface area contributed by atoms with Crippen LogP contribution < -0.4 is 9.80 Å². The molecule has 0 radical (unpaired) electrons. The molecule has 0 atom stereocenters. The zero-order valence-corrected chi connectivity index (χ0v) is 44.1. The number of hydrogen-bond acceptors (Lipinski definition) is 5. The summed E-state index contributed by atoms with van der Waals surface area (Å²) in [5.74, 6) is 0.615. The van der Waals surface area contributed by atoms with Crippen molar-refractivity contribution in [1.29, 1.82) is 0 Å². The Hall–Kier alpha value is -8.68. The van der Waals surface area contributed by atoms with Crippen molar-refractivity contribution in [1.82, 2.24) is 9.97 Å². The normalized spacial score (nSPS) is 13.0. The zero-order valence-electron chi connectivity index (χ0n) is 44.1. The minimum absolute atomic E-state index is 0.0860. The van der Waals surface area contributed by atoms with Gasteiger partial charge in [-0.05, 0) is 165 Å². The molecule has 0 saturated heterocycles. The summed E-state index contributed by atoms with van der Waals surface area (Å²) in [6.45, 7) is 17.4. The molecule has 7 heteroatoms. The van der Waals surface area contributed by atoms with Gasteiger partial charge in [0.2, 0.25) is 0 Å². The number of para-hydroxylation sites is 1. The van der Waals surface area contributed by atoms with Crippen LogP contribution in [0.15, 0.2) is 211 Å². The fourth-order valence-electron chi connectivity index (χ4n) is 11.4. The Morgan fingerprint density at radius 3 is 1.68 bits per heavy atom. The van der Waals surface area contributed by atoms with Crippen LogP contribution in [0.4, 0.5) is 43.2 Å². The number of furan rings is 1. The van der Waals surface area contributed by atoms with Gasteiger partial charge in [0, 0.05) is 46.0 Å². The quantitative estimate of drug-likeness (QED) is 0.144. The smallest absolute Gasteiger partial charge is 0.145 e. The van der Waals surface area contributed by atoms with E-state index in [1.54, 1.807) is 24.3 Å². The Labute approximate surface area is 443 Å². The van der Waals surface area contributed by atoms with Gasteiger partial charge in [-0.1, -0.05) is 151 Å². The van der Waals surface area contributed by atoms with E-state index in [1.165, 1.54) is 23.3 Å². The molecule has 12 rings (SSSR count). The second kappa shape index (κ2) is 18.3. The highest BCUT2D eigenvalue weighted by Gasteiger charge is 2.49. The SMILES string of the molecule is Cc1ccc(N(c2ccc(C(C)(C)C)cc2)c2cc3c(c4oc5ccccc5c24)-c2ccc(N(c4ccc(C(C)(C)C)cc4)c4ncc(C)cc4-c4ccccc4)cc2C3(c2cccc(F)c2)c2cccc(F)c2)nc1. The number of aromatic nitrogens is 2. The van der Waals surface area contributed by atoms with Gasteiger partial charge in [0.1, 0.15) is 34.4 Å². The van der Waals surface area contributed by atoms with Crippen LogP contribution in [-0.2, 0) is 16.2 Å². The molecule has 1 aliphatic carbocycles. The largest absolute Gasteiger partial charge is 0.455 e. The first kappa shape index (κ1) is 48.3. The standard InChI is InChI=1S/C69H58F2N4O/c1-43-24-35-62(72-41-43)75(53-31-27-47(28-32-53)68(6,7)8)60-40-59-63(65-64(60)56-22-12-13-23-61(56)76-65)55-34-33-54(39-58(55)69(59,48-18-14-20-50(70)37-48)49-19-15-21-51(71)38-49)74(52-29-25-46(26-30-52)67(3,4)5)66-57(36-44(2)42-73-66)45-16-10-9-11-17-45/h9-42H,1-8H3. The average molecular weight is 997 g/mol. The third kappa shape index (κ3) is 8.13. The molecular weight excluding hydrogens is 939 g/mol. The maximum atomic E-state index is 16.4. The van der Waals surface area contributed by atoms with Gasteiger partial charge in [-0.25, -0.2) is 18.7 Å². The topological polar surface area (TPSA) is 45.4 Å². The summed E-state index contributed by atoms with van der Waals surface area (Å²) in [6.07, 6.45) is 3.80. The van der Waals surface area contributed by atoms with Gasteiger partial charge >= 0.3 is 0 Å². The number of halogens is 2. The molecule has 0 amide bonds. The van der Waals surface area contributed by atoms with E-state index in [-0.39, 0.29) is 10.8 Å². The van der Waals surface area contributed by atoms with Crippen molar-refractivity contribution < 1.29 is 13.2 Å². The molecule has 0 aliphatic heterocycles. The first-order valence-corrected chi connectivity index (χ1v) is 26.0. The van der Waals surface area contributed by atoms with Crippen molar-refractivity contribution >= 4 is 56.3 Å². The lowest BCUT2D eigenvalue weighted by atomic mass is 9.67. The first-order valence-electron chi connectivity index (χ1n) is 26.0. The zero-order chi connectivity index (χ0) is 52.7. The number of aryl methyl sites for hydroxylation is 2. The monoisotopic (exact) mass is 996 g/mol. The lowest BCUT2D eigenvalue weighted by molar-refractivity contribution is 0.590. The summed E-state index contributed by atoms with van der Waals surface area (Å²) in [5, 5.41) is 1.81. The molecule has 3 heterocycles. The first-order chi connectivity index (χ1) is 36.6. The van der Waals surface area contributed by atoms with Crippen LogP contribution in [0.5, 0.6) is 0 Å². The second-order valence-corrected chi connectivity index (χ2v) is 22.3. The fourth-order valence-corrected chi connectivity index (χ4v) is 11.4. The molecule has 8 aromatic carbocycles. The molecule has 3 aromatic heterocycles.